The summed E-state index contributed by atoms with van der Waals surface area (Å²) < 4.78 is 17.4. The molecule has 2 aliphatic heterocycles. The van der Waals surface area contributed by atoms with E-state index in [2.05, 4.69) is 21.1 Å². The van der Waals surface area contributed by atoms with Crippen LogP contribution < -0.4 is 0 Å². The molecule has 1 unspecified atom stereocenters. The minimum atomic E-state index is 0.0495. The Kier molecular flexibility index (Phi) is 5.86. The van der Waals surface area contributed by atoms with Crippen LogP contribution in [0.15, 0.2) is 35.1 Å². The molecule has 27 heavy (non-hydrogen) atoms. The Morgan fingerprint density at radius 2 is 2.22 bits per heavy atom. The molecule has 0 bridgehead atoms. The van der Waals surface area contributed by atoms with Crippen LogP contribution >= 0.6 is 0 Å². The van der Waals surface area contributed by atoms with Crippen molar-refractivity contribution < 1.29 is 14.0 Å². The third-order valence-electron chi connectivity index (χ3n) is 5.97. The Labute approximate surface area is 160 Å². The molecule has 2 aromatic heterocycles. The van der Waals surface area contributed by atoms with Crippen molar-refractivity contribution >= 4 is 0 Å². The molecule has 4 heterocycles. The molecule has 0 aliphatic carbocycles. The molecule has 146 valence electrons. The fourth-order valence-corrected chi connectivity index (χ4v) is 4.46. The van der Waals surface area contributed by atoms with Crippen LogP contribution in [-0.2, 0) is 22.6 Å². The van der Waals surface area contributed by atoms with Crippen molar-refractivity contribution in [1.29, 1.82) is 0 Å². The van der Waals surface area contributed by atoms with Gasteiger partial charge in [0.05, 0.1) is 17.9 Å². The number of rotatable bonds is 7. The summed E-state index contributed by atoms with van der Waals surface area (Å²) in [6.07, 6.45) is 8.07. The lowest BCUT2D eigenvalue weighted by atomic mass is 9.78. The summed E-state index contributed by atoms with van der Waals surface area (Å²) in [6, 6.07) is 6.03. The maximum atomic E-state index is 6.29. The van der Waals surface area contributed by atoms with Gasteiger partial charge in [0.1, 0.15) is 5.76 Å². The highest BCUT2D eigenvalue weighted by Gasteiger charge is 2.45. The van der Waals surface area contributed by atoms with Gasteiger partial charge in [-0.1, -0.05) is 11.2 Å². The first kappa shape index (κ1) is 18.6. The van der Waals surface area contributed by atoms with Gasteiger partial charge < -0.3 is 14.0 Å². The molecule has 0 aromatic carbocycles. The van der Waals surface area contributed by atoms with Gasteiger partial charge in [-0.3, -0.25) is 9.88 Å². The van der Waals surface area contributed by atoms with E-state index in [1.807, 2.05) is 25.3 Å². The van der Waals surface area contributed by atoms with E-state index in [-0.39, 0.29) is 5.60 Å². The highest BCUT2D eigenvalue weighted by Crippen LogP contribution is 2.42. The quantitative estimate of drug-likeness (QED) is 0.696. The van der Waals surface area contributed by atoms with Crippen molar-refractivity contribution in [3.8, 4) is 0 Å². The highest BCUT2D eigenvalue weighted by molar-refractivity contribution is 5.07. The maximum absolute atomic E-state index is 6.29. The number of aryl methyl sites for hydroxylation is 1. The van der Waals surface area contributed by atoms with E-state index in [0.717, 1.165) is 75.5 Å². The highest BCUT2D eigenvalue weighted by atomic mass is 16.5. The molecule has 6 nitrogen and oxygen atoms in total. The summed E-state index contributed by atoms with van der Waals surface area (Å²) in [5, 5.41) is 4.12. The molecular formula is C21H29N3O3. The van der Waals surface area contributed by atoms with E-state index in [4.69, 9.17) is 14.0 Å². The van der Waals surface area contributed by atoms with Crippen molar-refractivity contribution in [1.82, 2.24) is 15.0 Å². The first-order valence-corrected chi connectivity index (χ1v) is 9.99. The van der Waals surface area contributed by atoms with Gasteiger partial charge in [0.25, 0.3) is 0 Å². The molecule has 0 N–H and O–H groups in total. The van der Waals surface area contributed by atoms with Gasteiger partial charge in [-0.05, 0) is 50.2 Å². The molecule has 1 atom stereocenters. The van der Waals surface area contributed by atoms with Crippen LogP contribution in [0, 0.1) is 12.8 Å². The Balaban J connectivity index is 1.23. The number of hydrogen-bond donors (Lipinski definition) is 0. The second kappa shape index (κ2) is 8.50. The molecule has 2 aromatic rings. The van der Waals surface area contributed by atoms with Crippen molar-refractivity contribution in [2.75, 3.05) is 26.3 Å². The maximum Gasteiger partial charge on any atom is 0.133 e. The van der Waals surface area contributed by atoms with Gasteiger partial charge in [0.15, 0.2) is 0 Å². The third kappa shape index (κ3) is 4.57. The summed E-state index contributed by atoms with van der Waals surface area (Å²) in [7, 11) is 0. The average Bonchev–Trinajstić information content (AvgIpc) is 3.28. The Morgan fingerprint density at radius 3 is 2.96 bits per heavy atom. The standard InChI is InChI=1S/C21H29N3O3/c1-17-13-20(23-27-17)15-24-9-6-21(7-10-24)19(5-12-26-21)4-11-25-16-18-3-2-8-22-14-18/h2-3,8,13-14,19H,4-7,9-12,15-16H2,1H3. The summed E-state index contributed by atoms with van der Waals surface area (Å²) in [5.41, 5.74) is 2.20. The van der Waals surface area contributed by atoms with Crippen molar-refractivity contribution in [3.63, 3.8) is 0 Å². The number of hydrogen-bond acceptors (Lipinski definition) is 6. The summed E-state index contributed by atoms with van der Waals surface area (Å²) in [5.74, 6) is 1.48. The summed E-state index contributed by atoms with van der Waals surface area (Å²) in [4.78, 5) is 6.59. The first-order chi connectivity index (χ1) is 13.2. The van der Waals surface area contributed by atoms with Crippen molar-refractivity contribution in [3.05, 3.63) is 47.6 Å². The number of piperidine rings is 1. The number of nitrogens with zero attached hydrogens (tertiary/aromatic N) is 3. The van der Waals surface area contributed by atoms with Crippen LogP contribution in [0.3, 0.4) is 0 Å². The summed E-state index contributed by atoms with van der Waals surface area (Å²) >= 11 is 0. The average molecular weight is 371 g/mol. The molecule has 2 aliphatic rings. The lowest BCUT2D eigenvalue weighted by molar-refractivity contribution is -0.0735. The van der Waals surface area contributed by atoms with Crippen molar-refractivity contribution in [2.45, 2.75) is 51.4 Å². The van der Waals surface area contributed by atoms with E-state index in [0.29, 0.717) is 12.5 Å². The Morgan fingerprint density at radius 1 is 1.33 bits per heavy atom. The number of pyridine rings is 1. The van der Waals surface area contributed by atoms with Gasteiger partial charge in [-0.15, -0.1) is 0 Å². The molecule has 2 saturated heterocycles. The molecular weight excluding hydrogens is 342 g/mol. The Bertz CT molecular complexity index is 710. The van der Waals surface area contributed by atoms with E-state index in [1.165, 1.54) is 0 Å². The smallest absolute Gasteiger partial charge is 0.133 e. The van der Waals surface area contributed by atoms with Gasteiger partial charge in [-0.25, -0.2) is 0 Å². The van der Waals surface area contributed by atoms with Crippen LogP contribution in [0.5, 0.6) is 0 Å². The van der Waals surface area contributed by atoms with Gasteiger partial charge in [0.2, 0.25) is 0 Å². The SMILES string of the molecule is Cc1cc(CN2CCC3(CC2)OCCC3CCOCc2cccnc2)no1. The Hall–Kier alpha value is -1.76. The molecule has 6 heteroatoms. The second-order valence-corrected chi connectivity index (χ2v) is 7.81. The lowest BCUT2D eigenvalue weighted by Crippen LogP contribution is -2.47. The minimum absolute atomic E-state index is 0.0495. The number of likely N-dealkylation sites (tertiary alicyclic amines) is 1. The molecule has 0 radical (unpaired) electrons. The molecule has 2 fully saturated rings. The zero-order chi connectivity index (χ0) is 18.5. The number of aromatic nitrogens is 2. The normalized spacial score (nSPS) is 22.5. The zero-order valence-corrected chi connectivity index (χ0v) is 16.1. The molecule has 0 amide bonds. The predicted octanol–water partition coefficient (Wildman–Crippen LogP) is 3.36. The first-order valence-electron chi connectivity index (χ1n) is 9.99. The van der Waals surface area contributed by atoms with E-state index in [1.54, 1.807) is 6.20 Å². The topological polar surface area (TPSA) is 60.6 Å². The monoisotopic (exact) mass is 371 g/mol. The van der Waals surface area contributed by atoms with Gasteiger partial charge in [-0.2, -0.15) is 0 Å². The third-order valence-corrected chi connectivity index (χ3v) is 5.97. The van der Waals surface area contributed by atoms with Crippen molar-refractivity contribution in [2.24, 2.45) is 5.92 Å². The van der Waals surface area contributed by atoms with Crippen LogP contribution in [0.1, 0.15) is 42.7 Å². The largest absolute Gasteiger partial charge is 0.377 e. The fraction of sp³-hybridized carbons (Fsp3) is 0.619. The van der Waals surface area contributed by atoms with Crippen LogP contribution in [0.4, 0.5) is 0 Å². The van der Waals surface area contributed by atoms with Gasteiger partial charge in [0, 0.05) is 51.3 Å². The predicted molar refractivity (Wildman–Crippen MR) is 101 cm³/mol. The summed E-state index contributed by atoms with van der Waals surface area (Å²) in [6.45, 7) is 7.22. The van der Waals surface area contributed by atoms with Crippen LogP contribution in [-0.4, -0.2) is 46.9 Å². The van der Waals surface area contributed by atoms with E-state index in [9.17, 15) is 0 Å². The minimum Gasteiger partial charge on any atom is -0.377 e. The zero-order valence-electron chi connectivity index (χ0n) is 16.1. The fourth-order valence-electron chi connectivity index (χ4n) is 4.46. The van der Waals surface area contributed by atoms with Crippen LogP contribution in [0.25, 0.3) is 0 Å². The number of ether oxygens (including phenoxy) is 2. The second-order valence-electron chi connectivity index (χ2n) is 7.81. The molecule has 4 rings (SSSR count). The van der Waals surface area contributed by atoms with Gasteiger partial charge >= 0.3 is 0 Å². The van der Waals surface area contributed by atoms with E-state index >= 15 is 0 Å². The lowest BCUT2D eigenvalue weighted by Gasteiger charge is -2.42. The van der Waals surface area contributed by atoms with E-state index < -0.39 is 0 Å². The van der Waals surface area contributed by atoms with Crippen LogP contribution in [0.2, 0.25) is 0 Å². The molecule has 0 saturated carbocycles. The molecule has 1 spiro atoms.